The van der Waals surface area contributed by atoms with Crippen LogP contribution >= 0.6 is 47.8 Å². The maximum Gasteiger partial charge on any atom is -0.278 e. The van der Waals surface area contributed by atoms with Crippen LogP contribution in [0.4, 0.5) is 0 Å². The molecule has 0 spiro atoms. The summed E-state index contributed by atoms with van der Waals surface area (Å²) >= 11 is 14.6. The van der Waals surface area contributed by atoms with Gasteiger partial charge < -0.3 is 15.1 Å². The van der Waals surface area contributed by atoms with E-state index >= 15 is 0 Å². The fraction of sp³-hybridized carbons (Fsp3) is 0. The molecular weight excluding hydrogens is 426 g/mol. The van der Waals surface area contributed by atoms with Gasteiger partial charge in [0.1, 0.15) is 0 Å². The van der Waals surface area contributed by atoms with Gasteiger partial charge in [-0.1, -0.05) is 0 Å². The van der Waals surface area contributed by atoms with Gasteiger partial charge >= 0.3 is 86.5 Å². The molecule has 0 aliphatic rings. The molecule has 0 saturated carbocycles. The Kier molecular flexibility index (Phi) is 7.13. The van der Waals surface area contributed by atoms with Gasteiger partial charge in [-0.25, -0.2) is 0 Å². The average molecular weight is 426 g/mol. The minimum Gasteiger partial charge on any atom is -0.907 e. The molecule has 1 rings (SSSR count). The van der Waals surface area contributed by atoms with Crippen LogP contribution in [0, 0.1) is 0 Å². The van der Waals surface area contributed by atoms with Crippen molar-refractivity contribution in [3.05, 3.63) is 13.7 Å². The van der Waals surface area contributed by atoms with Crippen molar-refractivity contribution in [2.75, 3.05) is 0 Å². The standard InChI is InChI=1S/C3Br3N2.BO3.Cu/c4-1-2(5)7-8-3(1)6;2-1(3)4;/q-1;-3;+4. The second-order valence-corrected chi connectivity index (χ2v) is 4.21. The zero-order chi connectivity index (χ0) is 10.6. The molecular formula is C3BBr3CuN2O3. The molecule has 0 radical (unpaired) electrons. The molecule has 0 aliphatic carbocycles. The Morgan fingerprint density at radius 2 is 1.62 bits per heavy atom. The number of rotatable bonds is 0. The summed E-state index contributed by atoms with van der Waals surface area (Å²) in [5.74, 6) is 0. The first-order valence-electron chi connectivity index (χ1n) is 2.56. The molecule has 0 aliphatic heterocycles. The summed E-state index contributed by atoms with van der Waals surface area (Å²) in [5, 5.41) is 29.1. The fourth-order valence-corrected chi connectivity index (χ4v) is 1.87. The predicted octanol–water partition coefficient (Wildman–Crippen LogP) is -1.47. The van der Waals surface area contributed by atoms with Gasteiger partial charge in [-0.05, 0) is 0 Å². The second kappa shape index (κ2) is 6.57. The smallest absolute Gasteiger partial charge is 0.278 e. The molecule has 1 heterocycles. The summed E-state index contributed by atoms with van der Waals surface area (Å²) in [4.78, 5) is 0. The number of aromatic nitrogens is 2. The maximum absolute atomic E-state index is 8.42. The molecule has 75 valence electrons. The first-order valence-corrected chi connectivity index (χ1v) is 5.36. The molecule has 0 bridgehead atoms. The van der Waals surface area contributed by atoms with E-state index in [0.29, 0.717) is 4.60 Å². The molecule has 0 atom stereocenters. The molecule has 1 aromatic rings. The largest absolute Gasteiger partial charge is 0.907 e. The van der Waals surface area contributed by atoms with E-state index in [4.69, 9.17) is 31.3 Å². The van der Waals surface area contributed by atoms with Crippen molar-refractivity contribution in [2.24, 2.45) is 0 Å². The fourth-order valence-electron chi connectivity index (χ4n) is 0.317. The Labute approximate surface area is 108 Å². The van der Waals surface area contributed by atoms with Gasteiger partial charge in [0, 0.05) is 0 Å². The summed E-state index contributed by atoms with van der Waals surface area (Å²) < 4.78 is 3.58. The summed E-state index contributed by atoms with van der Waals surface area (Å²) in [7, 11) is -2.92. The van der Waals surface area contributed by atoms with Crippen LogP contribution in [0.3, 0.4) is 0 Å². The Morgan fingerprint density at radius 1 is 1.23 bits per heavy atom. The van der Waals surface area contributed by atoms with Gasteiger partial charge in [-0.3, -0.25) is 7.32 Å². The third-order valence-corrected chi connectivity index (χ3v) is 4.32. The molecule has 0 N–H and O–H groups in total. The Hall–Kier alpha value is 1.11. The molecule has 0 amide bonds. The van der Waals surface area contributed by atoms with Crippen LogP contribution in [-0.2, 0) is 16.2 Å². The molecule has 1 aromatic heterocycles. The van der Waals surface area contributed by atoms with Crippen molar-refractivity contribution in [3.8, 4) is 0 Å². The van der Waals surface area contributed by atoms with Crippen molar-refractivity contribution >= 4 is 55.1 Å². The topological polar surface area (TPSA) is 87.0 Å². The summed E-state index contributed by atoms with van der Waals surface area (Å²) in [6, 6.07) is 0. The van der Waals surface area contributed by atoms with Gasteiger partial charge in [0.05, 0.1) is 0 Å². The normalized spacial score (nSPS) is 9.15. The SMILES string of the molecule is [Cu+3][n]1nc(Br)c(Br)c1Br.[O-]B([O-])[O-]. The Bertz CT molecular complexity index is 258. The molecule has 0 fully saturated rings. The van der Waals surface area contributed by atoms with Gasteiger partial charge in [-0.2, -0.15) is 0 Å². The minimum atomic E-state index is -2.92. The van der Waals surface area contributed by atoms with E-state index in [1.54, 1.807) is 0 Å². The number of hydrogen-bond acceptors (Lipinski definition) is 4. The van der Waals surface area contributed by atoms with E-state index in [-0.39, 0.29) is 0 Å². The monoisotopic (exact) mass is 423 g/mol. The Morgan fingerprint density at radius 3 is 1.69 bits per heavy atom. The van der Waals surface area contributed by atoms with E-state index in [2.05, 4.69) is 52.9 Å². The number of hydrogen-bond donors (Lipinski definition) is 0. The van der Waals surface area contributed by atoms with Gasteiger partial charge in [0.15, 0.2) is 0 Å². The number of halogens is 3. The van der Waals surface area contributed by atoms with E-state index in [1.165, 1.54) is 3.70 Å². The van der Waals surface area contributed by atoms with Crippen molar-refractivity contribution in [1.29, 1.82) is 0 Å². The molecule has 10 heteroatoms. The predicted molar refractivity (Wildman–Crippen MR) is 46.5 cm³/mol. The third kappa shape index (κ3) is 5.53. The van der Waals surface area contributed by atoms with Crippen LogP contribution in [0.2, 0.25) is 0 Å². The maximum atomic E-state index is 8.42. The minimum absolute atomic E-state index is 0.707. The van der Waals surface area contributed by atoms with Crippen LogP contribution in [0.5, 0.6) is 0 Å². The summed E-state index contributed by atoms with van der Waals surface area (Å²) in [6.45, 7) is 0. The van der Waals surface area contributed by atoms with Crippen LogP contribution in [0.1, 0.15) is 0 Å². The van der Waals surface area contributed by atoms with Crippen molar-refractivity contribution in [2.45, 2.75) is 0 Å². The van der Waals surface area contributed by atoms with Crippen molar-refractivity contribution in [1.82, 2.24) is 8.80 Å². The summed E-state index contributed by atoms with van der Waals surface area (Å²) in [6.07, 6.45) is 0. The molecule has 0 aromatic carbocycles. The number of nitrogens with zero attached hydrogens (tertiary/aromatic N) is 2. The third-order valence-electron chi connectivity index (χ3n) is 0.677. The second-order valence-electron chi connectivity index (χ2n) is 1.51. The van der Waals surface area contributed by atoms with Crippen molar-refractivity contribution in [3.63, 3.8) is 0 Å². The van der Waals surface area contributed by atoms with Crippen LogP contribution in [0.25, 0.3) is 0 Å². The average Bonchev–Trinajstić information content (AvgIpc) is 2.17. The van der Waals surface area contributed by atoms with Gasteiger partial charge in [-0.15, -0.1) is 0 Å². The zero-order valence-corrected chi connectivity index (χ0v) is 11.3. The Balaban J connectivity index is 0.000000310. The van der Waals surface area contributed by atoms with Crippen LogP contribution in [-0.4, -0.2) is 16.1 Å². The van der Waals surface area contributed by atoms with Gasteiger partial charge in [0.25, 0.3) is 0 Å². The van der Waals surface area contributed by atoms with E-state index in [1.807, 2.05) is 0 Å². The molecule has 0 saturated heterocycles. The molecule has 13 heavy (non-hydrogen) atoms. The molecule has 0 unspecified atom stereocenters. The van der Waals surface area contributed by atoms with E-state index in [0.717, 1.165) is 9.08 Å². The first-order chi connectivity index (χ1) is 5.86. The molecule has 5 nitrogen and oxygen atoms in total. The van der Waals surface area contributed by atoms with E-state index in [9.17, 15) is 0 Å². The van der Waals surface area contributed by atoms with Gasteiger partial charge in [0.2, 0.25) is 0 Å². The first kappa shape index (κ1) is 14.1. The van der Waals surface area contributed by atoms with Crippen LogP contribution < -0.4 is 15.1 Å². The quantitative estimate of drug-likeness (QED) is 0.475. The van der Waals surface area contributed by atoms with Crippen molar-refractivity contribution < 1.29 is 31.3 Å². The van der Waals surface area contributed by atoms with E-state index < -0.39 is 7.32 Å². The van der Waals surface area contributed by atoms with Crippen LogP contribution in [0.15, 0.2) is 13.7 Å². The zero-order valence-electron chi connectivity index (χ0n) is 5.63. The summed E-state index contributed by atoms with van der Waals surface area (Å²) in [5.41, 5.74) is 0.